The number of hydrogen-bond donors (Lipinski definition) is 1. The van der Waals surface area contributed by atoms with Crippen LogP contribution in [-0.4, -0.2) is 49.8 Å². The van der Waals surface area contributed by atoms with E-state index >= 15 is 0 Å². The molecule has 20 heavy (non-hydrogen) atoms. The Morgan fingerprint density at radius 1 is 1.20 bits per heavy atom. The van der Waals surface area contributed by atoms with Crippen molar-refractivity contribution in [2.24, 2.45) is 5.41 Å². The average molecular weight is 282 g/mol. The third-order valence-electron chi connectivity index (χ3n) is 5.21. The monoisotopic (exact) mass is 282 g/mol. The number of rotatable bonds is 7. The molecule has 3 heteroatoms. The van der Waals surface area contributed by atoms with Crippen molar-refractivity contribution in [3.63, 3.8) is 0 Å². The Morgan fingerprint density at radius 2 is 1.85 bits per heavy atom. The number of fused-ring (bicyclic) bond motifs is 2. The summed E-state index contributed by atoms with van der Waals surface area (Å²) in [5.74, 6) is 0. The number of nitrogens with one attached hydrogen (secondary N) is 1. The van der Waals surface area contributed by atoms with E-state index in [4.69, 9.17) is 4.74 Å². The van der Waals surface area contributed by atoms with Gasteiger partial charge >= 0.3 is 0 Å². The molecule has 0 aromatic heterocycles. The van der Waals surface area contributed by atoms with Gasteiger partial charge in [0.2, 0.25) is 0 Å². The van der Waals surface area contributed by atoms with Crippen LogP contribution < -0.4 is 5.32 Å². The first-order valence-electron chi connectivity index (χ1n) is 8.54. The minimum atomic E-state index is 0.370. The van der Waals surface area contributed by atoms with Crippen LogP contribution >= 0.6 is 0 Å². The summed E-state index contributed by atoms with van der Waals surface area (Å²) in [6.45, 7) is 10.3. The first-order valence-corrected chi connectivity index (χ1v) is 8.54. The first kappa shape index (κ1) is 16.3. The molecule has 1 N–H and O–H groups in total. The van der Waals surface area contributed by atoms with Crippen LogP contribution in [0.4, 0.5) is 0 Å². The molecule has 2 aliphatic rings. The van der Waals surface area contributed by atoms with Crippen molar-refractivity contribution in [1.29, 1.82) is 0 Å². The van der Waals surface area contributed by atoms with E-state index in [-0.39, 0.29) is 0 Å². The Labute approximate surface area is 125 Å². The quantitative estimate of drug-likeness (QED) is 0.777. The third-order valence-corrected chi connectivity index (χ3v) is 5.21. The molecule has 0 amide bonds. The maximum absolute atomic E-state index is 5.28. The van der Waals surface area contributed by atoms with Gasteiger partial charge in [-0.25, -0.2) is 0 Å². The van der Waals surface area contributed by atoms with Gasteiger partial charge < -0.3 is 10.1 Å². The molecule has 2 aliphatic heterocycles. The highest BCUT2D eigenvalue weighted by Gasteiger charge is 2.39. The van der Waals surface area contributed by atoms with Crippen LogP contribution in [0, 0.1) is 5.41 Å². The molecule has 0 aromatic carbocycles. The summed E-state index contributed by atoms with van der Waals surface area (Å²) in [7, 11) is 1.81. The average Bonchev–Trinajstić information content (AvgIpc) is 2.37. The highest BCUT2D eigenvalue weighted by molar-refractivity contribution is 4.96. The Hall–Kier alpha value is -0.120. The highest BCUT2D eigenvalue weighted by Crippen LogP contribution is 2.37. The van der Waals surface area contributed by atoms with Crippen molar-refractivity contribution in [2.75, 3.05) is 26.8 Å². The van der Waals surface area contributed by atoms with Crippen LogP contribution in [0.1, 0.15) is 59.3 Å². The Bertz CT molecular complexity index is 279. The van der Waals surface area contributed by atoms with Gasteiger partial charge in [-0.2, -0.15) is 0 Å². The van der Waals surface area contributed by atoms with Gasteiger partial charge in [0.1, 0.15) is 0 Å². The fourth-order valence-electron chi connectivity index (χ4n) is 4.14. The SMILES string of the molecule is CCNC1CC2CCCC(C1)N2CC(C)(C)CCOC. The van der Waals surface area contributed by atoms with E-state index < -0.39 is 0 Å². The molecule has 0 aliphatic carbocycles. The minimum absolute atomic E-state index is 0.370. The second-order valence-corrected chi connectivity index (χ2v) is 7.54. The first-order chi connectivity index (χ1) is 9.55. The molecule has 2 atom stereocenters. The van der Waals surface area contributed by atoms with Gasteiger partial charge in [-0.1, -0.05) is 27.2 Å². The lowest BCUT2D eigenvalue weighted by Crippen LogP contribution is -2.58. The van der Waals surface area contributed by atoms with Gasteiger partial charge in [-0.3, -0.25) is 4.90 Å². The molecule has 2 fully saturated rings. The molecule has 0 radical (unpaired) electrons. The molecule has 0 aromatic rings. The van der Waals surface area contributed by atoms with E-state index in [1.807, 2.05) is 7.11 Å². The van der Waals surface area contributed by atoms with Crippen molar-refractivity contribution in [3.8, 4) is 0 Å². The second-order valence-electron chi connectivity index (χ2n) is 7.54. The Kier molecular flexibility index (Phi) is 5.88. The van der Waals surface area contributed by atoms with Crippen LogP contribution in [0.5, 0.6) is 0 Å². The van der Waals surface area contributed by atoms with Crippen molar-refractivity contribution in [1.82, 2.24) is 10.2 Å². The van der Waals surface area contributed by atoms with Crippen LogP contribution in [0.25, 0.3) is 0 Å². The van der Waals surface area contributed by atoms with Gasteiger partial charge in [-0.05, 0) is 44.1 Å². The maximum Gasteiger partial charge on any atom is 0.0467 e. The summed E-state index contributed by atoms with van der Waals surface area (Å²) >= 11 is 0. The van der Waals surface area contributed by atoms with E-state index in [9.17, 15) is 0 Å². The second kappa shape index (κ2) is 7.24. The predicted molar refractivity (Wildman–Crippen MR) is 85.1 cm³/mol. The van der Waals surface area contributed by atoms with Crippen molar-refractivity contribution >= 4 is 0 Å². The van der Waals surface area contributed by atoms with Crippen LogP contribution in [0.3, 0.4) is 0 Å². The van der Waals surface area contributed by atoms with Crippen LogP contribution in [0.15, 0.2) is 0 Å². The lowest BCUT2D eigenvalue weighted by atomic mass is 9.79. The molecule has 0 saturated carbocycles. The summed E-state index contributed by atoms with van der Waals surface area (Å²) in [6, 6.07) is 2.38. The number of piperidine rings is 2. The van der Waals surface area contributed by atoms with E-state index in [1.54, 1.807) is 0 Å². The lowest BCUT2D eigenvalue weighted by molar-refractivity contribution is -0.00839. The molecule has 2 rings (SSSR count). The van der Waals surface area contributed by atoms with Gasteiger partial charge in [0.05, 0.1) is 0 Å². The minimum Gasteiger partial charge on any atom is -0.385 e. The molecular weight excluding hydrogens is 248 g/mol. The third kappa shape index (κ3) is 4.19. The molecule has 2 bridgehead atoms. The molecule has 118 valence electrons. The zero-order valence-electron chi connectivity index (χ0n) is 14.0. The molecule has 3 nitrogen and oxygen atoms in total. The van der Waals surface area contributed by atoms with Crippen molar-refractivity contribution < 1.29 is 4.74 Å². The van der Waals surface area contributed by atoms with Gasteiger partial charge in [-0.15, -0.1) is 0 Å². The zero-order valence-corrected chi connectivity index (χ0v) is 14.0. The molecule has 2 saturated heterocycles. The molecule has 2 heterocycles. The Morgan fingerprint density at radius 3 is 2.40 bits per heavy atom. The van der Waals surface area contributed by atoms with E-state index in [1.165, 1.54) is 38.6 Å². The van der Waals surface area contributed by atoms with Gasteiger partial charge in [0.25, 0.3) is 0 Å². The van der Waals surface area contributed by atoms with Gasteiger partial charge in [0, 0.05) is 38.4 Å². The van der Waals surface area contributed by atoms with Gasteiger partial charge in [0.15, 0.2) is 0 Å². The molecule has 0 spiro atoms. The van der Waals surface area contributed by atoms with E-state index in [2.05, 4.69) is 31.0 Å². The molecular formula is C17H34N2O. The predicted octanol–water partition coefficient (Wildman–Crippen LogP) is 3.04. The smallest absolute Gasteiger partial charge is 0.0467 e. The van der Waals surface area contributed by atoms with Crippen molar-refractivity contribution in [2.45, 2.75) is 77.4 Å². The van der Waals surface area contributed by atoms with E-state index in [0.29, 0.717) is 5.41 Å². The fraction of sp³-hybridized carbons (Fsp3) is 1.00. The normalized spacial score (nSPS) is 31.5. The van der Waals surface area contributed by atoms with Crippen LogP contribution in [-0.2, 0) is 4.74 Å². The summed E-state index contributed by atoms with van der Waals surface area (Å²) in [4.78, 5) is 2.84. The highest BCUT2D eigenvalue weighted by atomic mass is 16.5. The summed E-state index contributed by atoms with van der Waals surface area (Å²) < 4.78 is 5.28. The zero-order chi connectivity index (χ0) is 14.6. The maximum atomic E-state index is 5.28. The molecule has 2 unspecified atom stereocenters. The fourth-order valence-corrected chi connectivity index (χ4v) is 4.14. The summed E-state index contributed by atoms with van der Waals surface area (Å²) in [5, 5.41) is 3.68. The van der Waals surface area contributed by atoms with Crippen LogP contribution in [0.2, 0.25) is 0 Å². The lowest BCUT2D eigenvalue weighted by Gasteiger charge is -2.51. The standard InChI is InChI=1S/C17H34N2O/c1-5-18-14-11-15-7-6-8-16(12-14)19(15)13-17(2,3)9-10-20-4/h14-16,18H,5-13H2,1-4H3. The summed E-state index contributed by atoms with van der Waals surface area (Å²) in [5.41, 5.74) is 0.370. The number of nitrogens with zero attached hydrogens (tertiary/aromatic N) is 1. The van der Waals surface area contributed by atoms with E-state index in [0.717, 1.165) is 37.7 Å². The summed E-state index contributed by atoms with van der Waals surface area (Å²) in [6.07, 6.45) is 8.10. The number of hydrogen-bond acceptors (Lipinski definition) is 3. The number of ether oxygens (including phenoxy) is 1. The Balaban J connectivity index is 1.94. The van der Waals surface area contributed by atoms with Crippen molar-refractivity contribution in [3.05, 3.63) is 0 Å². The largest absolute Gasteiger partial charge is 0.385 e. The number of methoxy groups -OCH3 is 1. The topological polar surface area (TPSA) is 24.5 Å².